The van der Waals surface area contributed by atoms with Crippen LogP contribution >= 0.6 is 0 Å². The molecule has 0 spiro atoms. The molecular weight excluding hydrogens is 232 g/mol. The summed E-state index contributed by atoms with van der Waals surface area (Å²) in [5.41, 5.74) is 0.990. The lowest BCUT2D eigenvalue weighted by molar-refractivity contribution is -0.139. The SMILES string of the molecule is C=CC(C)(CCC=C(C)C)CC(=O)O.CC(=O)O. The van der Waals surface area contributed by atoms with Gasteiger partial charge in [-0.2, -0.15) is 0 Å². The van der Waals surface area contributed by atoms with Crippen LogP contribution in [-0.4, -0.2) is 22.2 Å². The average Bonchev–Trinajstić information content (AvgIpc) is 2.14. The maximum Gasteiger partial charge on any atom is 0.304 e. The molecule has 0 saturated heterocycles. The number of carbonyl (C=O) groups is 2. The monoisotopic (exact) mass is 256 g/mol. The Morgan fingerprint density at radius 2 is 1.67 bits per heavy atom. The molecule has 0 aliphatic rings. The molecular formula is C14H24O4. The van der Waals surface area contributed by atoms with Gasteiger partial charge in [-0.3, -0.25) is 9.59 Å². The third-order valence-electron chi connectivity index (χ3n) is 2.32. The van der Waals surface area contributed by atoms with Gasteiger partial charge in [-0.15, -0.1) is 6.58 Å². The first-order chi connectivity index (χ1) is 8.13. The van der Waals surface area contributed by atoms with Gasteiger partial charge < -0.3 is 10.2 Å². The predicted octanol–water partition coefficient (Wildman–Crippen LogP) is 3.49. The quantitative estimate of drug-likeness (QED) is 0.713. The molecule has 0 aliphatic carbocycles. The molecule has 0 heterocycles. The van der Waals surface area contributed by atoms with E-state index in [9.17, 15) is 4.79 Å². The summed E-state index contributed by atoms with van der Waals surface area (Å²) in [5, 5.41) is 16.1. The van der Waals surface area contributed by atoms with Gasteiger partial charge in [-0.25, -0.2) is 0 Å². The number of rotatable bonds is 6. The van der Waals surface area contributed by atoms with Crippen LogP contribution in [0, 0.1) is 5.41 Å². The minimum atomic E-state index is -0.833. The summed E-state index contributed by atoms with van der Waals surface area (Å²) in [5.74, 6) is -1.59. The second-order valence-corrected chi connectivity index (χ2v) is 4.77. The van der Waals surface area contributed by atoms with E-state index in [1.165, 1.54) is 5.57 Å². The largest absolute Gasteiger partial charge is 0.481 e. The van der Waals surface area contributed by atoms with E-state index in [-0.39, 0.29) is 11.8 Å². The Bertz CT molecular complexity index is 310. The van der Waals surface area contributed by atoms with Crippen LogP contribution in [0.5, 0.6) is 0 Å². The number of allylic oxidation sites excluding steroid dienone is 3. The summed E-state index contributed by atoms with van der Waals surface area (Å²) in [6.45, 7) is 10.8. The molecule has 0 aromatic rings. The first kappa shape index (κ1) is 18.8. The molecule has 0 aliphatic heterocycles. The third kappa shape index (κ3) is 14.4. The molecule has 0 saturated carbocycles. The lowest BCUT2D eigenvalue weighted by Gasteiger charge is -2.22. The minimum Gasteiger partial charge on any atom is -0.481 e. The number of aliphatic carboxylic acids is 2. The van der Waals surface area contributed by atoms with Gasteiger partial charge in [-0.1, -0.05) is 24.6 Å². The lowest BCUT2D eigenvalue weighted by Crippen LogP contribution is -2.17. The van der Waals surface area contributed by atoms with E-state index in [1.807, 2.05) is 20.8 Å². The van der Waals surface area contributed by atoms with Crippen molar-refractivity contribution in [2.75, 3.05) is 0 Å². The molecule has 0 rings (SSSR count). The van der Waals surface area contributed by atoms with Crippen molar-refractivity contribution < 1.29 is 19.8 Å². The van der Waals surface area contributed by atoms with Gasteiger partial charge in [-0.05, 0) is 32.1 Å². The molecule has 1 unspecified atom stereocenters. The Morgan fingerprint density at radius 1 is 1.22 bits per heavy atom. The number of carboxylic acid groups (broad SMARTS) is 2. The first-order valence-electron chi connectivity index (χ1n) is 5.81. The molecule has 0 fully saturated rings. The standard InChI is InChI=1S/C12H20O2.C2H4O2/c1-5-12(4,9-11(13)14)8-6-7-10(2)3;1-2(3)4/h5,7H,1,6,8-9H2,2-4H3,(H,13,14);1H3,(H,3,4). The fourth-order valence-corrected chi connectivity index (χ4v) is 1.30. The molecule has 0 bridgehead atoms. The molecule has 18 heavy (non-hydrogen) atoms. The van der Waals surface area contributed by atoms with E-state index in [2.05, 4.69) is 12.7 Å². The van der Waals surface area contributed by atoms with Crippen LogP contribution in [0.3, 0.4) is 0 Å². The molecule has 104 valence electrons. The smallest absolute Gasteiger partial charge is 0.304 e. The minimum absolute atomic E-state index is 0.160. The Balaban J connectivity index is 0. The molecule has 0 aromatic carbocycles. The van der Waals surface area contributed by atoms with Crippen molar-refractivity contribution in [1.29, 1.82) is 0 Å². The van der Waals surface area contributed by atoms with Gasteiger partial charge >= 0.3 is 5.97 Å². The number of hydrogen-bond acceptors (Lipinski definition) is 2. The molecule has 0 radical (unpaired) electrons. The molecule has 4 heteroatoms. The highest BCUT2D eigenvalue weighted by Gasteiger charge is 2.22. The van der Waals surface area contributed by atoms with Crippen molar-refractivity contribution in [3.8, 4) is 0 Å². The Labute approximate surface area is 109 Å². The van der Waals surface area contributed by atoms with Crippen LogP contribution in [0.15, 0.2) is 24.3 Å². The van der Waals surface area contributed by atoms with Gasteiger partial charge in [0.25, 0.3) is 5.97 Å². The highest BCUT2D eigenvalue weighted by atomic mass is 16.4. The highest BCUT2D eigenvalue weighted by Crippen LogP contribution is 2.29. The maximum absolute atomic E-state index is 10.6. The lowest BCUT2D eigenvalue weighted by atomic mass is 9.82. The zero-order valence-corrected chi connectivity index (χ0v) is 11.7. The van der Waals surface area contributed by atoms with E-state index < -0.39 is 11.9 Å². The van der Waals surface area contributed by atoms with Gasteiger partial charge in [0.15, 0.2) is 0 Å². The van der Waals surface area contributed by atoms with Crippen molar-refractivity contribution in [2.24, 2.45) is 5.41 Å². The van der Waals surface area contributed by atoms with Gasteiger partial charge in [0.2, 0.25) is 0 Å². The van der Waals surface area contributed by atoms with Gasteiger partial charge in [0.1, 0.15) is 0 Å². The van der Waals surface area contributed by atoms with E-state index in [4.69, 9.17) is 15.0 Å². The van der Waals surface area contributed by atoms with Crippen molar-refractivity contribution >= 4 is 11.9 Å². The topological polar surface area (TPSA) is 74.6 Å². The summed E-state index contributed by atoms with van der Waals surface area (Å²) in [4.78, 5) is 19.6. The molecule has 1 atom stereocenters. The first-order valence-corrected chi connectivity index (χ1v) is 5.81. The second-order valence-electron chi connectivity index (χ2n) is 4.77. The van der Waals surface area contributed by atoms with Crippen molar-refractivity contribution in [3.05, 3.63) is 24.3 Å². The predicted molar refractivity (Wildman–Crippen MR) is 72.5 cm³/mol. The summed E-state index contributed by atoms with van der Waals surface area (Å²) < 4.78 is 0. The second kappa shape index (κ2) is 9.45. The molecule has 2 N–H and O–H groups in total. The summed E-state index contributed by atoms with van der Waals surface area (Å²) in [6.07, 6.45) is 5.79. The molecule has 4 nitrogen and oxygen atoms in total. The zero-order valence-electron chi connectivity index (χ0n) is 11.7. The van der Waals surface area contributed by atoms with E-state index >= 15 is 0 Å². The zero-order chi connectivity index (χ0) is 14.8. The van der Waals surface area contributed by atoms with E-state index in [1.54, 1.807) is 6.08 Å². The highest BCUT2D eigenvalue weighted by molar-refractivity contribution is 5.68. The third-order valence-corrected chi connectivity index (χ3v) is 2.32. The number of carboxylic acids is 2. The molecule has 0 aromatic heterocycles. The number of hydrogen-bond donors (Lipinski definition) is 2. The van der Waals surface area contributed by atoms with Crippen LogP contribution in [0.1, 0.15) is 47.0 Å². The van der Waals surface area contributed by atoms with Crippen LogP contribution in [0.25, 0.3) is 0 Å². The van der Waals surface area contributed by atoms with E-state index in [0.717, 1.165) is 19.8 Å². The van der Waals surface area contributed by atoms with Crippen LogP contribution < -0.4 is 0 Å². The van der Waals surface area contributed by atoms with Crippen LogP contribution in [0.4, 0.5) is 0 Å². The average molecular weight is 256 g/mol. The van der Waals surface area contributed by atoms with Crippen molar-refractivity contribution in [3.63, 3.8) is 0 Å². The Morgan fingerprint density at radius 3 is 1.94 bits per heavy atom. The summed E-state index contributed by atoms with van der Waals surface area (Å²) >= 11 is 0. The van der Waals surface area contributed by atoms with Crippen molar-refractivity contribution in [1.82, 2.24) is 0 Å². The molecule has 0 amide bonds. The fourth-order valence-electron chi connectivity index (χ4n) is 1.30. The van der Waals surface area contributed by atoms with Crippen LogP contribution in [0.2, 0.25) is 0 Å². The Kier molecular flexibility index (Phi) is 9.86. The van der Waals surface area contributed by atoms with Gasteiger partial charge in [0.05, 0.1) is 6.42 Å². The van der Waals surface area contributed by atoms with Gasteiger partial charge in [0, 0.05) is 6.92 Å². The van der Waals surface area contributed by atoms with E-state index in [0.29, 0.717) is 0 Å². The summed E-state index contributed by atoms with van der Waals surface area (Å²) in [7, 11) is 0. The normalized spacial score (nSPS) is 12.4. The maximum atomic E-state index is 10.6. The Hall–Kier alpha value is -1.58. The van der Waals surface area contributed by atoms with Crippen molar-refractivity contribution in [2.45, 2.75) is 47.0 Å². The van der Waals surface area contributed by atoms with Crippen LogP contribution in [-0.2, 0) is 9.59 Å². The fraction of sp³-hybridized carbons (Fsp3) is 0.571. The summed E-state index contributed by atoms with van der Waals surface area (Å²) in [6, 6.07) is 0.